The highest BCUT2D eigenvalue weighted by Gasteiger charge is 2.35. The SMILES string of the molecule is C=CC(=O)N1CCC(CN(C(=O)c2cccc(C)n2)C(C(=O)NC)c2ccc3c(c2)ncn3C)CC1. The van der Waals surface area contributed by atoms with Gasteiger partial charge in [-0.15, -0.1) is 0 Å². The van der Waals surface area contributed by atoms with E-state index in [0.29, 0.717) is 30.9 Å². The zero-order valence-electron chi connectivity index (χ0n) is 21.0. The number of benzene rings is 1. The lowest BCUT2D eigenvalue weighted by molar-refractivity contribution is -0.127. The van der Waals surface area contributed by atoms with E-state index in [1.165, 1.54) is 6.08 Å². The van der Waals surface area contributed by atoms with Crippen LogP contribution in [0.15, 0.2) is 55.4 Å². The molecule has 3 aromatic rings. The number of fused-ring (bicyclic) bond motifs is 1. The summed E-state index contributed by atoms with van der Waals surface area (Å²) in [6.45, 7) is 6.95. The molecule has 0 aliphatic carbocycles. The van der Waals surface area contributed by atoms with Crippen molar-refractivity contribution >= 4 is 28.8 Å². The molecule has 1 aliphatic rings. The monoisotopic (exact) mass is 488 g/mol. The third-order valence-electron chi connectivity index (χ3n) is 6.80. The van der Waals surface area contributed by atoms with Crippen molar-refractivity contribution in [3.63, 3.8) is 0 Å². The fraction of sp³-hybridized carbons (Fsp3) is 0.370. The van der Waals surface area contributed by atoms with E-state index in [-0.39, 0.29) is 23.6 Å². The quantitative estimate of drug-likeness (QED) is 0.516. The molecule has 2 aromatic heterocycles. The molecule has 1 aromatic carbocycles. The molecule has 1 unspecified atom stereocenters. The molecule has 9 heteroatoms. The van der Waals surface area contributed by atoms with Crippen molar-refractivity contribution in [2.75, 3.05) is 26.7 Å². The Hall–Kier alpha value is -4.01. The van der Waals surface area contributed by atoms with Crippen LogP contribution >= 0.6 is 0 Å². The zero-order valence-corrected chi connectivity index (χ0v) is 21.0. The number of nitrogens with one attached hydrogen (secondary N) is 1. The zero-order chi connectivity index (χ0) is 25.8. The highest BCUT2D eigenvalue weighted by atomic mass is 16.2. The van der Waals surface area contributed by atoms with Gasteiger partial charge >= 0.3 is 0 Å². The summed E-state index contributed by atoms with van der Waals surface area (Å²) < 4.78 is 1.91. The summed E-state index contributed by atoms with van der Waals surface area (Å²) in [6.07, 6.45) is 4.50. The second-order valence-electron chi connectivity index (χ2n) is 9.21. The lowest BCUT2D eigenvalue weighted by atomic mass is 9.94. The van der Waals surface area contributed by atoms with E-state index < -0.39 is 6.04 Å². The number of amides is 3. The van der Waals surface area contributed by atoms with Gasteiger partial charge in [-0.2, -0.15) is 0 Å². The number of carbonyl (C=O) groups is 3. The smallest absolute Gasteiger partial charge is 0.273 e. The van der Waals surface area contributed by atoms with Crippen LogP contribution in [-0.4, -0.2) is 68.7 Å². The summed E-state index contributed by atoms with van der Waals surface area (Å²) in [5.41, 5.74) is 3.39. The first-order chi connectivity index (χ1) is 17.3. The van der Waals surface area contributed by atoms with Crippen molar-refractivity contribution < 1.29 is 14.4 Å². The molecule has 3 amide bonds. The van der Waals surface area contributed by atoms with Crippen LogP contribution in [-0.2, 0) is 16.6 Å². The predicted molar refractivity (Wildman–Crippen MR) is 137 cm³/mol. The van der Waals surface area contributed by atoms with Gasteiger partial charge in [0.25, 0.3) is 5.91 Å². The van der Waals surface area contributed by atoms with E-state index in [9.17, 15) is 14.4 Å². The number of pyridine rings is 1. The summed E-state index contributed by atoms with van der Waals surface area (Å²) in [6, 6.07) is 10.1. The fourth-order valence-corrected chi connectivity index (χ4v) is 4.79. The first-order valence-electron chi connectivity index (χ1n) is 12.1. The third kappa shape index (κ3) is 5.15. The summed E-state index contributed by atoms with van der Waals surface area (Å²) in [5.74, 6) is -0.556. The second-order valence-corrected chi connectivity index (χ2v) is 9.21. The largest absolute Gasteiger partial charge is 0.357 e. The first-order valence-corrected chi connectivity index (χ1v) is 12.1. The maximum absolute atomic E-state index is 13.9. The summed E-state index contributed by atoms with van der Waals surface area (Å²) in [5, 5.41) is 2.74. The van der Waals surface area contributed by atoms with Crippen LogP contribution in [0.4, 0.5) is 0 Å². The maximum Gasteiger partial charge on any atom is 0.273 e. The molecule has 1 aliphatic heterocycles. The van der Waals surface area contributed by atoms with Crippen LogP contribution in [0.3, 0.4) is 0 Å². The Morgan fingerprint density at radius 3 is 2.64 bits per heavy atom. The number of carbonyl (C=O) groups excluding carboxylic acids is 3. The molecule has 9 nitrogen and oxygen atoms in total. The van der Waals surface area contributed by atoms with Crippen molar-refractivity contribution in [3.8, 4) is 0 Å². The maximum atomic E-state index is 13.9. The molecule has 4 rings (SSSR count). The number of hydrogen-bond donors (Lipinski definition) is 1. The number of likely N-dealkylation sites (tertiary alicyclic amines) is 1. The minimum absolute atomic E-state index is 0.0859. The third-order valence-corrected chi connectivity index (χ3v) is 6.80. The minimum Gasteiger partial charge on any atom is -0.357 e. The van der Waals surface area contributed by atoms with Crippen molar-refractivity contribution in [2.45, 2.75) is 25.8 Å². The summed E-state index contributed by atoms with van der Waals surface area (Å²) >= 11 is 0. The molecule has 1 atom stereocenters. The standard InChI is InChI=1S/C27H32N6O3/c1-5-24(34)32-13-11-19(12-14-32)16-33(27(36)21-8-6-7-18(2)30-21)25(26(35)28-3)20-9-10-23-22(15-20)29-17-31(23)4/h5-10,15,17,19,25H,1,11-14,16H2,2-4H3,(H,28,35). The lowest BCUT2D eigenvalue weighted by Gasteiger charge is -2.37. The Kier molecular flexibility index (Phi) is 7.47. The second kappa shape index (κ2) is 10.7. The molecular formula is C27H32N6O3. The Morgan fingerprint density at radius 2 is 1.97 bits per heavy atom. The van der Waals surface area contributed by atoms with Crippen molar-refractivity contribution in [1.82, 2.24) is 29.7 Å². The molecule has 0 bridgehead atoms. The summed E-state index contributed by atoms with van der Waals surface area (Å²) in [7, 11) is 3.48. The van der Waals surface area contributed by atoms with Gasteiger partial charge in [-0.1, -0.05) is 18.7 Å². The molecule has 0 spiro atoms. The van der Waals surface area contributed by atoms with Gasteiger partial charge in [0.15, 0.2) is 0 Å². The van der Waals surface area contributed by atoms with E-state index in [2.05, 4.69) is 21.9 Å². The number of aromatic nitrogens is 3. The van der Waals surface area contributed by atoms with Gasteiger partial charge in [0.05, 0.1) is 17.4 Å². The van der Waals surface area contributed by atoms with Crippen LogP contribution in [0.1, 0.15) is 40.6 Å². The van der Waals surface area contributed by atoms with Gasteiger partial charge in [0.2, 0.25) is 11.8 Å². The van der Waals surface area contributed by atoms with Gasteiger partial charge in [0.1, 0.15) is 11.7 Å². The molecule has 3 heterocycles. The number of likely N-dealkylation sites (N-methyl/N-ethyl adjacent to an activating group) is 1. The number of aryl methyl sites for hydroxylation is 2. The highest BCUT2D eigenvalue weighted by Crippen LogP contribution is 2.29. The molecule has 188 valence electrons. The van der Waals surface area contributed by atoms with Gasteiger partial charge in [0, 0.05) is 39.4 Å². The molecule has 0 saturated carbocycles. The average molecular weight is 489 g/mol. The normalized spacial score (nSPS) is 14.9. The molecule has 1 fully saturated rings. The van der Waals surface area contributed by atoms with E-state index >= 15 is 0 Å². The van der Waals surface area contributed by atoms with Crippen molar-refractivity contribution in [2.24, 2.45) is 13.0 Å². The van der Waals surface area contributed by atoms with Gasteiger partial charge < -0.3 is 19.7 Å². The molecular weight excluding hydrogens is 456 g/mol. The molecule has 1 N–H and O–H groups in total. The van der Waals surface area contributed by atoms with Crippen LogP contribution in [0.25, 0.3) is 11.0 Å². The van der Waals surface area contributed by atoms with Crippen molar-refractivity contribution in [1.29, 1.82) is 0 Å². The van der Waals surface area contributed by atoms with Crippen LogP contribution < -0.4 is 5.32 Å². The number of piperidine rings is 1. The first kappa shape index (κ1) is 25.1. The highest BCUT2D eigenvalue weighted by molar-refractivity contribution is 5.97. The molecule has 36 heavy (non-hydrogen) atoms. The number of rotatable bonds is 7. The molecule has 0 radical (unpaired) electrons. The Morgan fingerprint density at radius 1 is 1.22 bits per heavy atom. The van der Waals surface area contributed by atoms with E-state index in [1.807, 2.05) is 42.8 Å². The Labute approximate surface area is 210 Å². The molecule has 1 saturated heterocycles. The topological polar surface area (TPSA) is 100 Å². The van der Waals surface area contributed by atoms with Crippen LogP contribution in [0.2, 0.25) is 0 Å². The van der Waals surface area contributed by atoms with Crippen LogP contribution in [0, 0.1) is 12.8 Å². The predicted octanol–water partition coefficient (Wildman–Crippen LogP) is 2.63. The van der Waals surface area contributed by atoms with Crippen molar-refractivity contribution in [3.05, 3.63) is 72.3 Å². The number of imidazole rings is 1. The number of nitrogens with zero attached hydrogens (tertiary/aromatic N) is 5. The van der Waals surface area contributed by atoms with Gasteiger partial charge in [-0.3, -0.25) is 14.4 Å². The Bertz CT molecular complexity index is 1290. The van der Waals surface area contributed by atoms with Gasteiger partial charge in [-0.25, -0.2) is 9.97 Å². The average Bonchev–Trinajstić information content (AvgIpc) is 3.27. The van der Waals surface area contributed by atoms with E-state index in [4.69, 9.17) is 0 Å². The number of hydrogen-bond acceptors (Lipinski definition) is 5. The van der Waals surface area contributed by atoms with E-state index in [1.54, 1.807) is 35.3 Å². The van der Waals surface area contributed by atoms with Crippen LogP contribution in [0.5, 0.6) is 0 Å². The van der Waals surface area contributed by atoms with Gasteiger partial charge in [-0.05, 0) is 61.6 Å². The Balaban J connectivity index is 1.71. The van der Waals surface area contributed by atoms with E-state index in [0.717, 1.165) is 29.6 Å². The fourth-order valence-electron chi connectivity index (χ4n) is 4.79. The lowest BCUT2D eigenvalue weighted by Crippen LogP contribution is -2.47. The summed E-state index contributed by atoms with van der Waals surface area (Å²) in [4.78, 5) is 51.5. The minimum atomic E-state index is -0.857.